The van der Waals surface area contributed by atoms with E-state index in [1.807, 2.05) is 0 Å². The highest BCUT2D eigenvalue weighted by Crippen LogP contribution is 2.38. The third-order valence-corrected chi connectivity index (χ3v) is 3.31. The molecule has 4 nitrogen and oxygen atoms in total. The quantitative estimate of drug-likeness (QED) is 0.843. The van der Waals surface area contributed by atoms with Crippen LogP contribution in [0, 0.1) is 0 Å². The average molecular weight is 381 g/mol. The van der Waals surface area contributed by atoms with Crippen molar-refractivity contribution in [2.24, 2.45) is 5.73 Å². The van der Waals surface area contributed by atoms with Crippen molar-refractivity contribution in [3.63, 3.8) is 0 Å². The molecule has 1 aromatic carbocycles. The molecule has 0 bridgehead atoms. The van der Waals surface area contributed by atoms with Crippen molar-refractivity contribution in [3.05, 3.63) is 22.2 Å². The van der Waals surface area contributed by atoms with E-state index in [0.29, 0.717) is 4.47 Å². The molecular weight excluding hydrogens is 366 g/mol. The molecule has 0 aliphatic carbocycles. The van der Waals surface area contributed by atoms with Gasteiger partial charge in [-0.15, -0.1) is 12.4 Å². The fourth-order valence-electron chi connectivity index (χ4n) is 1.47. The zero-order chi connectivity index (χ0) is 14.8. The third kappa shape index (κ3) is 4.15. The van der Waals surface area contributed by atoms with Crippen molar-refractivity contribution >= 4 is 28.3 Å². The molecule has 0 radical (unpaired) electrons. The number of hydrogen-bond acceptors (Lipinski definition) is 4. The number of rotatable bonds is 4. The SMILES string of the molecule is COc1cc([C@H](N)[C@H](O)C(F)(F)F)cc(OC)c1Br.Cl. The third-order valence-electron chi connectivity index (χ3n) is 2.53. The Labute approximate surface area is 128 Å². The minimum Gasteiger partial charge on any atom is -0.495 e. The van der Waals surface area contributed by atoms with E-state index < -0.39 is 18.3 Å². The smallest absolute Gasteiger partial charge is 0.416 e. The van der Waals surface area contributed by atoms with E-state index in [1.54, 1.807) is 0 Å². The number of alkyl halides is 3. The summed E-state index contributed by atoms with van der Waals surface area (Å²) in [7, 11) is 2.71. The van der Waals surface area contributed by atoms with Gasteiger partial charge in [-0.05, 0) is 33.6 Å². The minimum absolute atomic E-state index is 0. The first kappa shape index (κ1) is 19.3. The lowest BCUT2D eigenvalue weighted by Crippen LogP contribution is -2.38. The Kier molecular flexibility index (Phi) is 7.09. The molecule has 0 saturated heterocycles. The fourth-order valence-corrected chi connectivity index (χ4v) is 2.02. The molecule has 3 N–H and O–H groups in total. The summed E-state index contributed by atoms with van der Waals surface area (Å²) < 4.78 is 47.7. The molecule has 0 amide bonds. The van der Waals surface area contributed by atoms with E-state index in [4.69, 9.17) is 20.3 Å². The van der Waals surface area contributed by atoms with E-state index in [-0.39, 0.29) is 29.5 Å². The normalized spacial score (nSPS) is 14.2. The Hall–Kier alpha value is -0.700. The summed E-state index contributed by atoms with van der Waals surface area (Å²) in [6, 6.07) is 0.995. The van der Waals surface area contributed by atoms with Crippen LogP contribution in [0.5, 0.6) is 11.5 Å². The molecule has 0 heterocycles. The summed E-state index contributed by atoms with van der Waals surface area (Å²) in [6.45, 7) is 0. The first-order valence-electron chi connectivity index (χ1n) is 5.14. The topological polar surface area (TPSA) is 64.7 Å². The van der Waals surface area contributed by atoms with Crippen LogP contribution in [0.4, 0.5) is 13.2 Å². The van der Waals surface area contributed by atoms with Crippen LogP contribution in [-0.2, 0) is 0 Å². The maximum absolute atomic E-state index is 12.4. The Balaban J connectivity index is 0.00000361. The molecule has 0 aliphatic rings. The zero-order valence-corrected chi connectivity index (χ0v) is 13.0. The van der Waals surface area contributed by atoms with Crippen molar-refractivity contribution < 1.29 is 27.8 Å². The predicted molar refractivity (Wildman–Crippen MR) is 73.5 cm³/mol. The highest BCUT2D eigenvalue weighted by Gasteiger charge is 2.43. The number of nitrogens with two attached hydrogens (primary N) is 1. The number of benzene rings is 1. The van der Waals surface area contributed by atoms with Crippen LogP contribution in [0.2, 0.25) is 0 Å². The van der Waals surface area contributed by atoms with Gasteiger partial charge in [0.2, 0.25) is 0 Å². The molecule has 0 aliphatic heterocycles. The molecule has 0 saturated carbocycles. The lowest BCUT2D eigenvalue weighted by Gasteiger charge is -2.23. The van der Waals surface area contributed by atoms with Crippen molar-refractivity contribution in [2.45, 2.75) is 18.3 Å². The van der Waals surface area contributed by atoms with Crippen LogP contribution >= 0.6 is 28.3 Å². The second-order valence-corrected chi connectivity index (χ2v) is 4.54. The molecule has 9 heteroatoms. The first-order chi connectivity index (χ1) is 8.72. The van der Waals surface area contributed by atoms with Crippen LogP contribution in [0.3, 0.4) is 0 Å². The molecule has 0 unspecified atom stereocenters. The zero-order valence-electron chi connectivity index (χ0n) is 10.6. The van der Waals surface area contributed by atoms with Gasteiger partial charge in [-0.3, -0.25) is 0 Å². The maximum atomic E-state index is 12.4. The van der Waals surface area contributed by atoms with Crippen LogP contribution in [0.25, 0.3) is 0 Å². The summed E-state index contributed by atoms with van der Waals surface area (Å²) in [5, 5.41) is 9.16. The lowest BCUT2D eigenvalue weighted by molar-refractivity contribution is -0.210. The van der Waals surface area contributed by atoms with Gasteiger partial charge in [-0.2, -0.15) is 13.2 Å². The van der Waals surface area contributed by atoms with Crippen LogP contribution < -0.4 is 15.2 Å². The van der Waals surface area contributed by atoms with Gasteiger partial charge in [-0.1, -0.05) is 0 Å². The predicted octanol–water partition coefficient (Wildman–Crippen LogP) is 2.81. The summed E-state index contributed by atoms with van der Waals surface area (Å²) in [6.07, 6.45) is -7.46. The molecule has 0 spiro atoms. The molecule has 0 fully saturated rings. The standard InChI is InChI=1S/C11H13BrF3NO3.ClH/c1-18-6-3-5(4-7(19-2)8(6)12)9(16)10(17)11(13,14)15;/h3-4,9-10,17H,16H2,1-2H3;1H/t9-,10-;/m0./s1. The molecule has 0 aromatic heterocycles. The number of ether oxygens (including phenoxy) is 2. The van der Waals surface area contributed by atoms with Gasteiger partial charge < -0.3 is 20.3 Å². The number of aliphatic hydroxyl groups excluding tert-OH is 1. The fraction of sp³-hybridized carbons (Fsp3) is 0.455. The average Bonchev–Trinajstić information content (AvgIpc) is 2.36. The largest absolute Gasteiger partial charge is 0.495 e. The second-order valence-electron chi connectivity index (χ2n) is 3.75. The Morgan fingerprint density at radius 3 is 1.90 bits per heavy atom. The van der Waals surface area contributed by atoms with Gasteiger partial charge in [0.15, 0.2) is 6.10 Å². The number of halogens is 5. The van der Waals surface area contributed by atoms with E-state index in [0.717, 1.165) is 0 Å². The summed E-state index contributed by atoms with van der Waals surface area (Å²) >= 11 is 3.19. The van der Waals surface area contributed by atoms with Gasteiger partial charge in [0, 0.05) is 0 Å². The lowest BCUT2D eigenvalue weighted by atomic mass is 10.0. The maximum Gasteiger partial charge on any atom is 0.416 e. The Bertz CT molecular complexity index is 434. The van der Waals surface area contributed by atoms with Crippen LogP contribution in [-0.4, -0.2) is 31.6 Å². The molecular formula is C11H14BrClF3NO3. The highest BCUT2D eigenvalue weighted by molar-refractivity contribution is 9.10. The van der Waals surface area contributed by atoms with Crippen LogP contribution in [0.15, 0.2) is 16.6 Å². The van der Waals surface area contributed by atoms with E-state index >= 15 is 0 Å². The van der Waals surface area contributed by atoms with Crippen molar-refractivity contribution in [2.75, 3.05) is 14.2 Å². The summed E-state index contributed by atoms with van der Waals surface area (Å²) in [4.78, 5) is 0. The summed E-state index contributed by atoms with van der Waals surface area (Å²) in [5.74, 6) is 0.526. The first-order valence-corrected chi connectivity index (χ1v) is 5.93. The van der Waals surface area contributed by atoms with E-state index in [2.05, 4.69) is 15.9 Å². The minimum atomic E-state index is -4.80. The van der Waals surface area contributed by atoms with Crippen molar-refractivity contribution in [3.8, 4) is 11.5 Å². The molecule has 1 rings (SSSR count). The number of methoxy groups -OCH3 is 2. The van der Waals surface area contributed by atoms with Gasteiger partial charge in [0.25, 0.3) is 0 Å². The van der Waals surface area contributed by atoms with E-state index in [1.165, 1.54) is 26.4 Å². The second kappa shape index (κ2) is 7.35. The van der Waals surface area contributed by atoms with E-state index in [9.17, 15) is 13.2 Å². The van der Waals surface area contributed by atoms with Gasteiger partial charge in [-0.25, -0.2) is 0 Å². The van der Waals surface area contributed by atoms with Gasteiger partial charge >= 0.3 is 6.18 Å². The molecule has 2 atom stereocenters. The molecule has 116 valence electrons. The highest BCUT2D eigenvalue weighted by atomic mass is 79.9. The Morgan fingerprint density at radius 2 is 1.60 bits per heavy atom. The Morgan fingerprint density at radius 1 is 1.20 bits per heavy atom. The number of aliphatic hydroxyl groups is 1. The summed E-state index contributed by atoms with van der Waals surface area (Å²) in [5.41, 5.74) is 5.48. The molecule has 20 heavy (non-hydrogen) atoms. The van der Waals surface area contributed by atoms with Crippen molar-refractivity contribution in [1.82, 2.24) is 0 Å². The van der Waals surface area contributed by atoms with Crippen LogP contribution in [0.1, 0.15) is 11.6 Å². The van der Waals surface area contributed by atoms with Crippen molar-refractivity contribution in [1.29, 1.82) is 0 Å². The number of hydrogen-bond donors (Lipinski definition) is 2. The monoisotopic (exact) mass is 379 g/mol. The van der Waals surface area contributed by atoms with Gasteiger partial charge in [0.1, 0.15) is 16.0 Å². The van der Waals surface area contributed by atoms with Gasteiger partial charge in [0.05, 0.1) is 20.3 Å². The molecule has 1 aromatic rings.